The molecule has 0 aliphatic heterocycles. The summed E-state index contributed by atoms with van der Waals surface area (Å²) in [5.74, 6) is 0. The summed E-state index contributed by atoms with van der Waals surface area (Å²) in [5, 5.41) is 3.34. The van der Waals surface area contributed by atoms with Crippen LogP contribution in [0.2, 0.25) is 0 Å². The molecule has 1 aromatic rings. The molecular weight excluding hydrogens is 206 g/mol. The van der Waals surface area contributed by atoms with Crippen molar-refractivity contribution in [2.75, 3.05) is 20.8 Å². The Bertz CT molecular complexity index is 278. The predicted octanol–water partition coefficient (Wildman–Crippen LogP) is 1.14. The third-order valence-corrected chi connectivity index (χ3v) is 2.25. The van der Waals surface area contributed by atoms with Crippen LogP contribution in [-0.4, -0.2) is 37.0 Å². The lowest BCUT2D eigenvalue weighted by atomic mass is 10.2. The van der Waals surface area contributed by atoms with E-state index in [9.17, 15) is 0 Å². The molecule has 5 heteroatoms. The fourth-order valence-corrected chi connectivity index (χ4v) is 1.48. The van der Waals surface area contributed by atoms with Gasteiger partial charge >= 0.3 is 0 Å². The molecule has 1 atom stereocenters. The third-order valence-electron chi connectivity index (χ3n) is 2.25. The summed E-state index contributed by atoms with van der Waals surface area (Å²) in [7, 11) is 3.23. The van der Waals surface area contributed by atoms with E-state index < -0.39 is 0 Å². The maximum atomic E-state index is 5.26. The van der Waals surface area contributed by atoms with Crippen LogP contribution in [0.3, 0.4) is 0 Å². The number of methoxy groups -OCH3 is 2. The van der Waals surface area contributed by atoms with Gasteiger partial charge in [-0.15, -0.1) is 0 Å². The average molecular weight is 225 g/mol. The summed E-state index contributed by atoms with van der Waals surface area (Å²) in [6.45, 7) is 2.99. The number of ether oxygens (including phenoxy) is 2. The van der Waals surface area contributed by atoms with E-state index in [4.69, 9.17) is 9.47 Å². The van der Waals surface area contributed by atoms with Crippen LogP contribution in [0.25, 0.3) is 0 Å². The molecule has 0 saturated heterocycles. The molecule has 0 aliphatic rings. The molecule has 0 fully saturated rings. The first-order chi connectivity index (χ1) is 7.83. The Kier molecular flexibility index (Phi) is 5.92. The van der Waals surface area contributed by atoms with Crippen molar-refractivity contribution in [3.05, 3.63) is 24.3 Å². The first kappa shape index (κ1) is 13.0. The Morgan fingerprint density at radius 2 is 2.06 bits per heavy atom. The Labute approximate surface area is 96.2 Å². The van der Waals surface area contributed by atoms with E-state index in [1.807, 2.05) is 0 Å². The number of hydrogen-bond donors (Lipinski definition) is 1. The molecule has 0 bridgehead atoms. The van der Waals surface area contributed by atoms with Crippen molar-refractivity contribution in [1.82, 2.24) is 15.3 Å². The van der Waals surface area contributed by atoms with Crippen molar-refractivity contribution in [3.8, 4) is 0 Å². The summed E-state index contributed by atoms with van der Waals surface area (Å²) < 4.78 is 10.5. The van der Waals surface area contributed by atoms with Gasteiger partial charge in [-0.05, 0) is 13.0 Å². The fourth-order valence-electron chi connectivity index (χ4n) is 1.48. The number of aromatic nitrogens is 2. The van der Waals surface area contributed by atoms with Crippen LogP contribution in [0.1, 0.15) is 25.1 Å². The molecule has 1 unspecified atom stereocenters. The highest BCUT2D eigenvalue weighted by atomic mass is 16.7. The van der Waals surface area contributed by atoms with E-state index >= 15 is 0 Å². The van der Waals surface area contributed by atoms with E-state index in [0.717, 1.165) is 18.7 Å². The number of rotatable bonds is 7. The van der Waals surface area contributed by atoms with E-state index in [2.05, 4.69) is 22.2 Å². The highest BCUT2D eigenvalue weighted by Gasteiger charge is 2.23. The van der Waals surface area contributed by atoms with Crippen LogP contribution in [0.4, 0.5) is 0 Å². The first-order valence-electron chi connectivity index (χ1n) is 5.38. The van der Waals surface area contributed by atoms with Crippen molar-refractivity contribution in [2.24, 2.45) is 0 Å². The van der Waals surface area contributed by atoms with Gasteiger partial charge in [0.25, 0.3) is 0 Å². The number of nitrogens with zero attached hydrogens (tertiary/aromatic N) is 2. The van der Waals surface area contributed by atoms with Crippen LogP contribution >= 0.6 is 0 Å². The van der Waals surface area contributed by atoms with Gasteiger partial charge in [0.1, 0.15) is 6.04 Å². The first-order valence-corrected chi connectivity index (χ1v) is 5.38. The Balaban J connectivity index is 2.78. The summed E-state index contributed by atoms with van der Waals surface area (Å²) in [6, 6.07) is -0.0938. The van der Waals surface area contributed by atoms with Gasteiger partial charge in [0, 0.05) is 26.6 Å². The van der Waals surface area contributed by atoms with E-state index in [0.29, 0.717) is 0 Å². The smallest absolute Gasteiger partial charge is 0.177 e. The van der Waals surface area contributed by atoms with Crippen LogP contribution in [0.15, 0.2) is 18.6 Å². The molecule has 0 radical (unpaired) electrons. The van der Waals surface area contributed by atoms with E-state index in [1.54, 1.807) is 32.8 Å². The molecule has 0 saturated carbocycles. The lowest BCUT2D eigenvalue weighted by Crippen LogP contribution is -2.35. The van der Waals surface area contributed by atoms with Crippen LogP contribution in [0.5, 0.6) is 0 Å². The van der Waals surface area contributed by atoms with Crippen molar-refractivity contribution in [2.45, 2.75) is 25.7 Å². The summed E-state index contributed by atoms with van der Waals surface area (Å²) in [5.41, 5.74) is 0.824. The Hall–Kier alpha value is -1.04. The van der Waals surface area contributed by atoms with Crippen LogP contribution < -0.4 is 5.32 Å². The second kappa shape index (κ2) is 7.27. The molecule has 1 rings (SSSR count). The van der Waals surface area contributed by atoms with E-state index in [1.165, 1.54) is 0 Å². The van der Waals surface area contributed by atoms with Gasteiger partial charge in [-0.2, -0.15) is 0 Å². The Morgan fingerprint density at radius 3 is 2.56 bits per heavy atom. The van der Waals surface area contributed by atoms with Crippen LogP contribution in [0, 0.1) is 0 Å². The van der Waals surface area contributed by atoms with E-state index in [-0.39, 0.29) is 12.3 Å². The van der Waals surface area contributed by atoms with Crippen molar-refractivity contribution in [1.29, 1.82) is 0 Å². The quantitative estimate of drug-likeness (QED) is 0.705. The van der Waals surface area contributed by atoms with Crippen molar-refractivity contribution in [3.63, 3.8) is 0 Å². The molecular formula is C11H19N3O2. The second-order valence-electron chi connectivity index (χ2n) is 3.40. The molecule has 0 spiro atoms. The van der Waals surface area contributed by atoms with Crippen molar-refractivity contribution < 1.29 is 9.47 Å². The molecule has 16 heavy (non-hydrogen) atoms. The topological polar surface area (TPSA) is 56.3 Å². The molecule has 0 amide bonds. The maximum absolute atomic E-state index is 5.26. The minimum absolute atomic E-state index is 0.0938. The van der Waals surface area contributed by atoms with Gasteiger partial charge < -0.3 is 14.8 Å². The van der Waals surface area contributed by atoms with Gasteiger partial charge in [-0.25, -0.2) is 0 Å². The van der Waals surface area contributed by atoms with Gasteiger partial charge in [0.15, 0.2) is 6.29 Å². The predicted molar refractivity (Wildman–Crippen MR) is 60.9 cm³/mol. The highest BCUT2D eigenvalue weighted by molar-refractivity contribution is 5.03. The van der Waals surface area contributed by atoms with Gasteiger partial charge in [-0.1, -0.05) is 6.92 Å². The molecule has 1 aromatic heterocycles. The molecule has 1 N–H and O–H groups in total. The molecule has 90 valence electrons. The lowest BCUT2D eigenvalue weighted by Gasteiger charge is -2.24. The molecule has 5 nitrogen and oxygen atoms in total. The number of hydrogen-bond acceptors (Lipinski definition) is 5. The second-order valence-corrected chi connectivity index (χ2v) is 3.40. The average Bonchev–Trinajstić information content (AvgIpc) is 2.35. The fraction of sp³-hybridized carbons (Fsp3) is 0.636. The largest absolute Gasteiger partial charge is 0.354 e. The van der Waals surface area contributed by atoms with Crippen LogP contribution in [-0.2, 0) is 9.47 Å². The Morgan fingerprint density at radius 1 is 1.31 bits per heavy atom. The standard InChI is InChI=1S/C11H19N3O2/c1-4-5-14-10(11(15-2)16-3)9-8-12-6-7-13-9/h6-8,10-11,14H,4-5H2,1-3H3. The monoisotopic (exact) mass is 225 g/mol. The lowest BCUT2D eigenvalue weighted by molar-refractivity contribution is -0.124. The minimum Gasteiger partial charge on any atom is -0.354 e. The SMILES string of the molecule is CCCNC(c1cnccn1)C(OC)OC. The molecule has 0 aliphatic carbocycles. The molecule has 1 heterocycles. The van der Waals surface area contributed by atoms with Gasteiger partial charge in [-0.3, -0.25) is 9.97 Å². The molecule has 0 aromatic carbocycles. The zero-order chi connectivity index (χ0) is 11.8. The summed E-state index contributed by atoms with van der Waals surface area (Å²) in [6.07, 6.45) is 5.71. The maximum Gasteiger partial charge on any atom is 0.177 e. The normalized spacial score (nSPS) is 13.0. The van der Waals surface area contributed by atoms with Crippen molar-refractivity contribution >= 4 is 0 Å². The minimum atomic E-state index is -0.358. The zero-order valence-electron chi connectivity index (χ0n) is 10.0. The van der Waals surface area contributed by atoms with Gasteiger partial charge in [0.05, 0.1) is 11.9 Å². The number of nitrogens with one attached hydrogen (secondary N) is 1. The summed E-state index contributed by atoms with van der Waals surface area (Å²) in [4.78, 5) is 8.31. The summed E-state index contributed by atoms with van der Waals surface area (Å²) >= 11 is 0. The highest BCUT2D eigenvalue weighted by Crippen LogP contribution is 2.16. The zero-order valence-corrected chi connectivity index (χ0v) is 10.0. The van der Waals surface area contributed by atoms with Gasteiger partial charge in [0.2, 0.25) is 0 Å². The third kappa shape index (κ3) is 3.52.